The molecule has 5 rings (SSSR count). The Morgan fingerprint density at radius 2 is 0.980 bits per heavy atom. The second-order valence-electron chi connectivity index (χ2n) is 12.1. The van der Waals surface area contributed by atoms with Crippen LogP contribution < -0.4 is 9.80 Å². The lowest BCUT2D eigenvalue weighted by atomic mass is 9.90. The van der Waals surface area contributed by atoms with Crippen molar-refractivity contribution in [1.82, 2.24) is 0 Å². The number of hydrogen-bond acceptors (Lipinski definition) is 8. The van der Waals surface area contributed by atoms with Crippen LogP contribution in [0, 0.1) is 0 Å². The Kier molecular flexibility index (Phi) is 11.2. The Morgan fingerprint density at radius 3 is 1.32 bits per heavy atom. The SMILES string of the molecule is CCN(Cc1ccccc1S(=O)(=O)[O-])c1ccc(C(=C2C=CC(=[N+](C)C)C=C2)c2ccc(N(CC)Cc3ccccc3S(=O)(=O)[O-])cc2)cc1.[H+]. The standard InChI is InChI=1S/C39H41N3O6S2/c1-5-41(27-32-11-7-9-13-37(32)49(43,44)45)35-23-17-30(18-24-35)39(29-15-21-34(22-16-29)40(3)4)31-19-25-36(26-20-31)42(6-2)28-33-12-8-10-14-38(33)50(46,47)48/h7-26H,5-6,27-28H2,1-4H3,(H-,43,44,45,46,47,48). The first kappa shape index (κ1) is 36.5. The number of rotatable bonds is 12. The Bertz CT molecular complexity index is 2060. The van der Waals surface area contributed by atoms with Crippen LogP contribution in [0.4, 0.5) is 11.4 Å². The molecular formula is C39H41N3O6S2. The van der Waals surface area contributed by atoms with Gasteiger partial charge in [-0.15, -0.1) is 0 Å². The Morgan fingerprint density at radius 1 is 0.600 bits per heavy atom. The number of hydrogen-bond donors (Lipinski definition) is 0. The predicted molar refractivity (Wildman–Crippen MR) is 198 cm³/mol. The first-order valence-corrected chi connectivity index (χ1v) is 19.0. The normalized spacial score (nSPS) is 13.0. The van der Waals surface area contributed by atoms with Crippen LogP contribution in [0.1, 0.15) is 37.5 Å². The molecule has 4 aromatic rings. The molecular weight excluding hydrogens is 671 g/mol. The van der Waals surface area contributed by atoms with Crippen LogP contribution in [0.3, 0.4) is 0 Å². The molecule has 0 bridgehead atoms. The summed E-state index contributed by atoms with van der Waals surface area (Å²) in [5, 5.41) is 0. The Balaban J connectivity index is 0.00000583. The van der Waals surface area contributed by atoms with Gasteiger partial charge in [-0.1, -0.05) is 60.7 Å². The van der Waals surface area contributed by atoms with Crippen molar-refractivity contribution in [3.63, 3.8) is 0 Å². The molecule has 0 fully saturated rings. The van der Waals surface area contributed by atoms with Crippen LogP contribution in [0.15, 0.2) is 137 Å². The lowest BCUT2D eigenvalue weighted by Crippen LogP contribution is -2.23. The summed E-state index contributed by atoms with van der Waals surface area (Å²) in [7, 11) is -5.24. The third-order valence-electron chi connectivity index (χ3n) is 8.68. The van der Waals surface area contributed by atoms with Gasteiger partial charge in [0, 0.05) is 49.7 Å². The van der Waals surface area contributed by atoms with E-state index < -0.39 is 20.2 Å². The van der Waals surface area contributed by atoms with Gasteiger partial charge in [-0.25, -0.2) is 21.4 Å². The third-order valence-corrected chi connectivity index (χ3v) is 10.6. The van der Waals surface area contributed by atoms with Gasteiger partial charge in [-0.05, 0) is 95.8 Å². The van der Waals surface area contributed by atoms with E-state index in [-0.39, 0.29) is 24.3 Å². The van der Waals surface area contributed by atoms with Gasteiger partial charge in [0.2, 0.25) is 0 Å². The van der Waals surface area contributed by atoms with Gasteiger partial charge >= 0.3 is 1.43 Å². The highest BCUT2D eigenvalue weighted by molar-refractivity contribution is 7.86. The van der Waals surface area contributed by atoms with Crippen molar-refractivity contribution < 1.29 is 31.9 Å². The van der Waals surface area contributed by atoms with Crippen LogP contribution in [-0.4, -0.2) is 63.4 Å². The maximum absolute atomic E-state index is 11.9. The summed E-state index contributed by atoms with van der Waals surface area (Å²) in [6.07, 6.45) is 8.31. The van der Waals surface area contributed by atoms with Gasteiger partial charge < -0.3 is 18.9 Å². The fraction of sp³-hybridized carbons (Fsp3) is 0.205. The minimum absolute atomic E-state index is 0. The summed E-state index contributed by atoms with van der Waals surface area (Å²) >= 11 is 0. The average Bonchev–Trinajstić information content (AvgIpc) is 3.10. The van der Waals surface area contributed by atoms with Gasteiger partial charge in [0.15, 0.2) is 5.71 Å². The second kappa shape index (κ2) is 15.4. The zero-order valence-corrected chi connectivity index (χ0v) is 30.1. The van der Waals surface area contributed by atoms with Crippen molar-refractivity contribution >= 4 is 42.9 Å². The van der Waals surface area contributed by atoms with Crippen molar-refractivity contribution in [2.75, 3.05) is 37.0 Å². The monoisotopic (exact) mass is 711 g/mol. The fourth-order valence-electron chi connectivity index (χ4n) is 6.04. The quantitative estimate of drug-likeness (QED) is 0.124. The van der Waals surface area contributed by atoms with E-state index in [1.54, 1.807) is 36.4 Å². The highest BCUT2D eigenvalue weighted by atomic mass is 32.2. The second-order valence-corrected chi connectivity index (χ2v) is 14.8. The highest BCUT2D eigenvalue weighted by Gasteiger charge is 2.17. The van der Waals surface area contributed by atoms with Crippen molar-refractivity contribution in [2.24, 2.45) is 0 Å². The van der Waals surface area contributed by atoms with Crippen molar-refractivity contribution in [1.29, 1.82) is 0 Å². The van der Waals surface area contributed by atoms with Crippen LogP contribution in [0.5, 0.6) is 0 Å². The lowest BCUT2D eigenvalue weighted by Gasteiger charge is -2.26. The first-order chi connectivity index (χ1) is 23.8. The molecule has 0 amide bonds. The molecule has 0 unspecified atom stereocenters. The van der Waals surface area contributed by atoms with E-state index in [0.29, 0.717) is 24.2 Å². The predicted octanol–water partition coefficient (Wildman–Crippen LogP) is 6.30. The summed E-state index contributed by atoms with van der Waals surface area (Å²) in [5.74, 6) is 0. The molecule has 11 heteroatoms. The van der Waals surface area contributed by atoms with E-state index in [1.807, 2.05) is 90.8 Å². The van der Waals surface area contributed by atoms with Crippen LogP contribution in [0.25, 0.3) is 5.57 Å². The third kappa shape index (κ3) is 8.48. The minimum atomic E-state index is -4.61. The number of benzene rings is 4. The Hall–Kier alpha value is -4.81. The molecule has 0 saturated heterocycles. The van der Waals surface area contributed by atoms with Gasteiger partial charge in [-0.3, -0.25) is 0 Å². The molecule has 9 nitrogen and oxygen atoms in total. The summed E-state index contributed by atoms with van der Waals surface area (Å²) in [5.41, 5.74) is 7.68. The molecule has 260 valence electrons. The van der Waals surface area contributed by atoms with Crippen molar-refractivity contribution in [2.45, 2.75) is 36.7 Å². The lowest BCUT2D eigenvalue weighted by molar-refractivity contribution is -0.462. The number of allylic oxidation sites excluding steroid dienone is 5. The summed E-state index contributed by atoms with van der Waals surface area (Å²) < 4.78 is 73.4. The molecule has 0 radical (unpaired) electrons. The smallest absolute Gasteiger partial charge is 0.744 e. The topological polar surface area (TPSA) is 124 Å². The summed E-state index contributed by atoms with van der Waals surface area (Å²) in [6.45, 7) is 5.66. The maximum Gasteiger partial charge on any atom is 1.00 e. The van der Waals surface area contributed by atoms with Gasteiger partial charge in [-0.2, -0.15) is 0 Å². The van der Waals surface area contributed by atoms with E-state index in [2.05, 4.69) is 24.3 Å². The van der Waals surface area contributed by atoms with Gasteiger partial charge in [0.05, 0.1) is 9.79 Å². The van der Waals surface area contributed by atoms with Gasteiger partial charge in [0.25, 0.3) is 0 Å². The molecule has 4 aromatic carbocycles. The number of nitrogens with zero attached hydrogens (tertiary/aromatic N) is 3. The molecule has 1 aliphatic rings. The van der Waals surface area contributed by atoms with Crippen LogP contribution in [0.2, 0.25) is 0 Å². The first-order valence-electron chi connectivity index (χ1n) is 16.2. The van der Waals surface area contributed by atoms with Gasteiger partial charge in [0.1, 0.15) is 34.3 Å². The molecule has 0 atom stereocenters. The molecule has 0 aromatic heterocycles. The zero-order chi connectivity index (χ0) is 36.1. The van der Waals surface area contributed by atoms with E-state index in [9.17, 15) is 25.9 Å². The van der Waals surface area contributed by atoms with Crippen molar-refractivity contribution in [3.8, 4) is 0 Å². The van der Waals surface area contributed by atoms with Crippen LogP contribution in [-0.2, 0) is 33.3 Å². The molecule has 0 aliphatic heterocycles. The van der Waals surface area contributed by atoms with E-state index in [0.717, 1.165) is 39.4 Å². The molecule has 0 heterocycles. The highest BCUT2D eigenvalue weighted by Crippen LogP contribution is 2.33. The van der Waals surface area contributed by atoms with Crippen molar-refractivity contribution in [3.05, 3.63) is 149 Å². The van der Waals surface area contributed by atoms with E-state index in [4.69, 9.17) is 0 Å². The zero-order valence-electron chi connectivity index (χ0n) is 29.5. The summed E-state index contributed by atoms with van der Waals surface area (Å²) in [4.78, 5) is 3.61. The molecule has 0 saturated carbocycles. The largest absolute Gasteiger partial charge is 1.00 e. The minimum Gasteiger partial charge on any atom is -0.744 e. The van der Waals surface area contributed by atoms with E-state index in [1.165, 1.54) is 12.1 Å². The summed E-state index contributed by atoms with van der Waals surface area (Å²) in [6, 6.07) is 28.7. The average molecular weight is 712 g/mol. The molecule has 50 heavy (non-hydrogen) atoms. The van der Waals surface area contributed by atoms with E-state index >= 15 is 0 Å². The fourth-order valence-corrected chi connectivity index (χ4v) is 7.44. The van der Waals surface area contributed by atoms with Crippen LogP contribution >= 0.6 is 0 Å². The maximum atomic E-state index is 11.9. The number of anilines is 2. The molecule has 0 N–H and O–H groups in total. The Labute approximate surface area is 296 Å². The molecule has 0 spiro atoms. The molecule has 1 aliphatic carbocycles.